The van der Waals surface area contributed by atoms with Gasteiger partial charge in [0.15, 0.2) is 6.61 Å². The van der Waals surface area contributed by atoms with Crippen molar-refractivity contribution in [2.75, 3.05) is 11.9 Å². The first-order chi connectivity index (χ1) is 14.9. The fourth-order valence-corrected chi connectivity index (χ4v) is 4.81. The van der Waals surface area contributed by atoms with Gasteiger partial charge in [0.2, 0.25) is 0 Å². The second-order valence-corrected chi connectivity index (χ2v) is 8.60. The predicted molar refractivity (Wildman–Crippen MR) is 120 cm³/mol. The normalized spacial score (nSPS) is 10.7. The molecule has 2 heterocycles. The molecule has 4 aromatic rings. The number of carbonyl (C=O) groups is 2. The number of fused-ring (bicyclic) bond motifs is 1. The molecule has 0 saturated carbocycles. The fraction of sp³-hybridized carbons (Fsp3) is 0.0952. The number of hydrogen-bond donors (Lipinski definition) is 1. The molecule has 0 aliphatic rings. The highest BCUT2D eigenvalue weighted by Gasteiger charge is 2.18. The lowest BCUT2D eigenvalue weighted by molar-refractivity contribution is -0.385. The molecule has 1 N–H and O–H groups in total. The summed E-state index contributed by atoms with van der Waals surface area (Å²) >= 11 is 2.77. The molecule has 10 heteroatoms. The van der Waals surface area contributed by atoms with Crippen molar-refractivity contribution in [1.29, 1.82) is 0 Å². The number of nitrogens with zero attached hydrogens (tertiary/aromatic N) is 2. The Balaban J connectivity index is 1.39. The Bertz CT molecular complexity index is 1280. The highest BCUT2D eigenvalue weighted by molar-refractivity contribution is 7.26. The highest BCUT2D eigenvalue weighted by Crippen LogP contribution is 2.34. The number of carbonyl (C=O) groups excluding carboxylic acids is 2. The van der Waals surface area contributed by atoms with Gasteiger partial charge in [0, 0.05) is 6.07 Å². The minimum absolute atomic E-state index is 0.101. The van der Waals surface area contributed by atoms with E-state index in [4.69, 9.17) is 4.74 Å². The van der Waals surface area contributed by atoms with Gasteiger partial charge in [-0.2, -0.15) is 0 Å². The first-order valence-corrected chi connectivity index (χ1v) is 10.7. The summed E-state index contributed by atoms with van der Waals surface area (Å²) in [6, 6.07) is 15.6. The number of rotatable bonds is 6. The molecule has 0 fully saturated rings. The lowest BCUT2D eigenvalue weighted by Gasteiger charge is -2.08. The van der Waals surface area contributed by atoms with Crippen molar-refractivity contribution in [3.63, 3.8) is 0 Å². The van der Waals surface area contributed by atoms with Crippen LogP contribution in [-0.4, -0.2) is 28.4 Å². The number of benzene rings is 2. The van der Waals surface area contributed by atoms with Crippen LogP contribution >= 0.6 is 22.7 Å². The van der Waals surface area contributed by atoms with Gasteiger partial charge in [-0.05, 0) is 37.3 Å². The maximum Gasteiger partial charge on any atom is 0.348 e. The zero-order chi connectivity index (χ0) is 22.0. The molecule has 156 valence electrons. The molecule has 1 amide bonds. The zero-order valence-corrected chi connectivity index (χ0v) is 17.8. The number of ether oxygens (including phenoxy) is 1. The van der Waals surface area contributed by atoms with Crippen molar-refractivity contribution >= 4 is 56.1 Å². The molecule has 31 heavy (non-hydrogen) atoms. The van der Waals surface area contributed by atoms with Gasteiger partial charge in [-0.1, -0.05) is 18.2 Å². The maximum atomic E-state index is 12.3. The van der Waals surface area contributed by atoms with E-state index in [-0.39, 0.29) is 5.69 Å². The summed E-state index contributed by atoms with van der Waals surface area (Å²) in [5.41, 5.74) is 1.42. The number of nitrogens with one attached hydrogen (secondary N) is 1. The zero-order valence-electron chi connectivity index (χ0n) is 16.2. The van der Waals surface area contributed by atoms with Crippen LogP contribution in [-0.2, 0) is 9.53 Å². The Morgan fingerprint density at radius 3 is 2.68 bits per heavy atom. The predicted octanol–water partition coefficient (Wildman–Crippen LogP) is 5.04. The number of thiazole rings is 1. The number of para-hydroxylation sites is 1. The van der Waals surface area contributed by atoms with Crippen LogP contribution in [0.2, 0.25) is 0 Å². The van der Waals surface area contributed by atoms with Crippen molar-refractivity contribution in [3.8, 4) is 9.88 Å². The summed E-state index contributed by atoms with van der Waals surface area (Å²) in [6.45, 7) is 1.03. The summed E-state index contributed by atoms with van der Waals surface area (Å²) in [5, 5.41) is 14.3. The van der Waals surface area contributed by atoms with Crippen LogP contribution in [0.5, 0.6) is 0 Å². The maximum absolute atomic E-state index is 12.3. The molecule has 2 aromatic heterocycles. The van der Waals surface area contributed by atoms with E-state index in [0.29, 0.717) is 16.1 Å². The smallest absolute Gasteiger partial charge is 0.348 e. The SMILES string of the molecule is Cc1c(NC(=O)COC(=O)c2ccc(-c3nc4ccccc4s3)s2)cccc1[N+](=O)[O-]. The fourth-order valence-electron chi connectivity index (χ4n) is 2.89. The first-order valence-electron chi connectivity index (χ1n) is 9.09. The van der Waals surface area contributed by atoms with Crippen molar-refractivity contribution in [1.82, 2.24) is 4.98 Å². The van der Waals surface area contributed by atoms with Gasteiger partial charge in [-0.3, -0.25) is 14.9 Å². The van der Waals surface area contributed by atoms with E-state index in [1.54, 1.807) is 18.2 Å². The molecule has 0 bridgehead atoms. The quantitative estimate of drug-likeness (QED) is 0.249. The lowest BCUT2D eigenvalue weighted by atomic mass is 10.1. The number of aromatic nitrogens is 1. The van der Waals surface area contributed by atoms with Gasteiger partial charge < -0.3 is 10.1 Å². The third kappa shape index (κ3) is 4.44. The Hall–Kier alpha value is -3.63. The lowest BCUT2D eigenvalue weighted by Crippen LogP contribution is -2.21. The van der Waals surface area contributed by atoms with Crippen LogP contribution < -0.4 is 5.32 Å². The van der Waals surface area contributed by atoms with E-state index >= 15 is 0 Å². The van der Waals surface area contributed by atoms with Crippen LogP contribution in [0.15, 0.2) is 54.6 Å². The number of nitro benzene ring substituents is 1. The van der Waals surface area contributed by atoms with Gasteiger partial charge in [0.1, 0.15) is 9.88 Å². The Morgan fingerprint density at radius 1 is 1.10 bits per heavy atom. The van der Waals surface area contributed by atoms with Crippen LogP contribution in [0, 0.1) is 17.0 Å². The molecule has 0 aliphatic carbocycles. The van der Waals surface area contributed by atoms with E-state index in [9.17, 15) is 19.7 Å². The van der Waals surface area contributed by atoms with Crippen molar-refractivity contribution < 1.29 is 19.2 Å². The number of esters is 1. The molecule has 0 aliphatic heterocycles. The number of amides is 1. The molecule has 2 aromatic carbocycles. The summed E-state index contributed by atoms with van der Waals surface area (Å²) in [6.07, 6.45) is 0. The van der Waals surface area contributed by atoms with Crippen molar-refractivity contribution in [2.45, 2.75) is 6.92 Å². The van der Waals surface area contributed by atoms with E-state index < -0.39 is 23.4 Å². The third-order valence-corrected chi connectivity index (χ3v) is 6.69. The Morgan fingerprint density at radius 2 is 1.90 bits per heavy atom. The summed E-state index contributed by atoms with van der Waals surface area (Å²) in [4.78, 5) is 40.7. The minimum Gasteiger partial charge on any atom is -0.451 e. The average molecular weight is 454 g/mol. The van der Waals surface area contributed by atoms with Gasteiger partial charge in [0.25, 0.3) is 11.6 Å². The molecule has 8 nitrogen and oxygen atoms in total. The van der Waals surface area contributed by atoms with Gasteiger partial charge in [-0.25, -0.2) is 9.78 Å². The molecule has 0 unspecified atom stereocenters. The summed E-state index contributed by atoms with van der Waals surface area (Å²) < 4.78 is 6.15. The molecular formula is C21H15N3O5S2. The topological polar surface area (TPSA) is 111 Å². The van der Waals surface area contributed by atoms with Crippen LogP contribution in [0.1, 0.15) is 15.2 Å². The standard InChI is InChI=1S/C21H15N3O5S2/c1-12-13(6-4-7-15(12)24(27)28)22-19(25)11-29-21(26)18-10-9-17(30-18)20-23-14-5-2-3-8-16(14)31-20/h2-10H,11H2,1H3,(H,22,25). The first kappa shape index (κ1) is 20.6. The number of nitro groups is 1. The molecular weight excluding hydrogens is 438 g/mol. The van der Waals surface area contributed by atoms with Crippen LogP contribution in [0.25, 0.3) is 20.1 Å². The highest BCUT2D eigenvalue weighted by atomic mass is 32.1. The van der Waals surface area contributed by atoms with E-state index in [1.165, 1.54) is 41.7 Å². The van der Waals surface area contributed by atoms with Gasteiger partial charge in [0.05, 0.1) is 31.3 Å². The van der Waals surface area contributed by atoms with Crippen molar-refractivity contribution in [3.05, 3.63) is 75.2 Å². The second kappa shape index (κ2) is 8.62. The van der Waals surface area contributed by atoms with E-state index in [1.807, 2.05) is 24.3 Å². The molecule has 4 rings (SSSR count). The van der Waals surface area contributed by atoms with E-state index in [2.05, 4.69) is 10.3 Å². The molecule has 0 saturated heterocycles. The largest absolute Gasteiger partial charge is 0.451 e. The number of hydrogen-bond acceptors (Lipinski definition) is 8. The minimum atomic E-state index is -0.622. The average Bonchev–Trinajstić information content (AvgIpc) is 3.40. The Labute approximate surface area is 184 Å². The number of anilines is 1. The van der Waals surface area contributed by atoms with Crippen LogP contribution in [0.4, 0.5) is 11.4 Å². The number of thiophene rings is 1. The second-order valence-electron chi connectivity index (χ2n) is 6.48. The molecule has 0 radical (unpaired) electrons. The Kier molecular flexibility index (Phi) is 5.74. The van der Waals surface area contributed by atoms with E-state index in [0.717, 1.165) is 20.1 Å². The van der Waals surface area contributed by atoms with Crippen molar-refractivity contribution in [2.24, 2.45) is 0 Å². The van der Waals surface area contributed by atoms with Gasteiger partial charge in [-0.15, -0.1) is 22.7 Å². The van der Waals surface area contributed by atoms with Crippen LogP contribution in [0.3, 0.4) is 0 Å². The van der Waals surface area contributed by atoms with Gasteiger partial charge >= 0.3 is 5.97 Å². The molecule has 0 spiro atoms. The summed E-state index contributed by atoms with van der Waals surface area (Å²) in [5.74, 6) is -1.21. The molecule has 0 atom stereocenters. The monoisotopic (exact) mass is 453 g/mol. The summed E-state index contributed by atoms with van der Waals surface area (Å²) in [7, 11) is 0. The third-order valence-electron chi connectivity index (χ3n) is 4.42.